The second-order valence-electron chi connectivity index (χ2n) is 7.16. The van der Waals surface area contributed by atoms with Gasteiger partial charge in [0.15, 0.2) is 0 Å². The summed E-state index contributed by atoms with van der Waals surface area (Å²) in [6.45, 7) is 3.82. The van der Waals surface area contributed by atoms with E-state index >= 15 is 0 Å². The zero-order valence-electron chi connectivity index (χ0n) is 16.5. The van der Waals surface area contributed by atoms with E-state index in [1.807, 2.05) is 43.5 Å². The molecule has 0 aliphatic carbocycles. The van der Waals surface area contributed by atoms with E-state index < -0.39 is 17.6 Å². The van der Waals surface area contributed by atoms with Crippen LogP contribution in [-0.2, 0) is 6.18 Å². The fraction of sp³-hybridized carbons (Fsp3) is 0.130. The molecular formula is C23H16ClF3N2OS. The van der Waals surface area contributed by atoms with Crippen LogP contribution in [0.4, 0.5) is 18.9 Å². The van der Waals surface area contributed by atoms with Crippen LogP contribution in [0.1, 0.15) is 27.0 Å². The Labute approximate surface area is 185 Å². The molecule has 0 fully saturated rings. The number of hydrogen-bond acceptors (Lipinski definition) is 3. The SMILES string of the molecule is Cc1cc(C)c2nc(-c3cccs3)cc(C(=O)Nc3cc(C(F)(F)F)ccc3Cl)c2c1. The van der Waals surface area contributed by atoms with Gasteiger partial charge in [-0.2, -0.15) is 13.2 Å². The molecule has 0 atom stereocenters. The number of benzene rings is 2. The number of nitrogens with one attached hydrogen (secondary N) is 1. The van der Waals surface area contributed by atoms with Crippen molar-refractivity contribution in [1.29, 1.82) is 0 Å². The zero-order chi connectivity index (χ0) is 22.3. The van der Waals surface area contributed by atoms with Crippen molar-refractivity contribution < 1.29 is 18.0 Å². The van der Waals surface area contributed by atoms with Crippen molar-refractivity contribution in [2.75, 3.05) is 5.32 Å². The molecule has 8 heteroatoms. The molecule has 0 aliphatic rings. The van der Waals surface area contributed by atoms with Crippen molar-refractivity contribution in [1.82, 2.24) is 4.98 Å². The van der Waals surface area contributed by atoms with Crippen molar-refractivity contribution in [2.45, 2.75) is 20.0 Å². The van der Waals surface area contributed by atoms with Crippen molar-refractivity contribution in [2.24, 2.45) is 0 Å². The average Bonchev–Trinajstić information content (AvgIpc) is 3.23. The van der Waals surface area contributed by atoms with Crippen molar-refractivity contribution in [3.8, 4) is 10.6 Å². The van der Waals surface area contributed by atoms with Gasteiger partial charge in [-0.25, -0.2) is 4.98 Å². The highest BCUT2D eigenvalue weighted by Crippen LogP contribution is 2.35. The van der Waals surface area contributed by atoms with E-state index in [4.69, 9.17) is 16.6 Å². The minimum Gasteiger partial charge on any atom is -0.321 e. The Kier molecular flexibility index (Phi) is 5.49. The van der Waals surface area contributed by atoms with Crippen LogP contribution in [0.25, 0.3) is 21.5 Å². The third kappa shape index (κ3) is 4.29. The van der Waals surface area contributed by atoms with Gasteiger partial charge in [-0.3, -0.25) is 4.79 Å². The minimum absolute atomic E-state index is 0.0190. The molecule has 158 valence electrons. The summed E-state index contributed by atoms with van der Waals surface area (Å²) < 4.78 is 39.3. The summed E-state index contributed by atoms with van der Waals surface area (Å²) in [6.07, 6.45) is -4.55. The van der Waals surface area contributed by atoms with Crippen LogP contribution in [0.3, 0.4) is 0 Å². The number of anilines is 1. The van der Waals surface area contributed by atoms with Crippen LogP contribution in [0, 0.1) is 13.8 Å². The van der Waals surface area contributed by atoms with Crippen LogP contribution in [0.2, 0.25) is 5.02 Å². The molecule has 0 saturated heterocycles. The van der Waals surface area contributed by atoms with Crippen LogP contribution in [0.15, 0.2) is 53.9 Å². The Morgan fingerprint density at radius 3 is 2.55 bits per heavy atom. The first kappa shape index (κ1) is 21.3. The number of amides is 1. The second kappa shape index (κ2) is 7.98. The normalized spacial score (nSPS) is 11.7. The molecule has 31 heavy (non-hydrogen) atoms. The second-order valence-corrected chi connectivity index (χ2v) is 8.51. The monoisotopic (exact) mass is 460 g/mol. The Morgan fingerprint density at radius 1 is 1.10 bits per heavy atom. The Bertz CT molecular complexity index is 1300. The number of carbonyl (C=O) groups is 1. The summed E-state index contributed by atoms with van der Waals surface area (Å²) in [6, 6.07) is 12.1. The quantitative estimate of drug-likeness (QED) is 0.344. The van der Waals surface area contributed by atoms with Gasteiger partial charge in [-0.15, -0.1) is 11.3 Å². The van der Waals surface area contributed by atoms with Gasteiger partial charge in [0.2, 0.25) is 0 Å². The van der Waals surface area contributed by atoms with Gasteiger partial charge in [-0.1, -0.05) is 29.3 Å². The molecule has 2 aromatic heterocycles. The zero-order valence-corrected chi connectivity index (χ0v) is 18.0. The van der Waals surface area contributed by atoms with Gasteiger partial charge >= 0.3 is 6.18 Å². The number of fused-ring (bicyclic) bond motifs is 1. The first-order valence-corrected chi connectivity index (χ1v) is 10.5. The molecule has 2 heterocycles. The minimum atomic E-state index is -4.55. The summed E-state index contributed by atoms with van der Waals surface area (Å²) in [5.74, 6) is -0.559. The number of hydrogen-bond donors (Lipinski definition) is 1. The predicted octanol–water partition coefficient (Wildman–Crippen LogP) is 7.50. The predicted molar refractivity (Wildman–Crippen MR) is 119 cm³/mol. The molecule has 2 aromatic carbocycles. The van der Waals surface area contributed by atoms with E-state index in [9.17, 15) is 18.0 Å². The summed E-state index contributed by atoms with van der Waals surface area (Å²) in [5, 5.41) is 5.10. The number of aromatic nitrogens is 1. The molecule has 0 bridgehead atoms. The van der Waals surface area contributed by atoms with Gasteiger partial charge in [0.05, 0.1) is 37.9 Å². The molecule has 0 aliphatic heterocycles. The van der Waals surface area contributed by atoms with E-state index in [2.05, 4.69) is 5.32 Å². The number of alkyl halides is 3. The van der Waals surface area contributed by atoms with Gasteiger partial charge in [0.1, 0.15) is 0 Å². The summed E-state index contributed by atoms with van der Waals surface area (Å²) in [7, 11) is 0. The first-order chi connectivity index (χ1) is 14.6. The highest BCUT2D eigenvalue weighted by Gasteiger charge is 2.31. The lowest BCUT2D eigenvalue weighted by Crippen LogP contribution is -2.15. The summed E-state index contributed by atoms with van der Waals surface area (Å²) in [5.41, 5.74) is 2.45. The number of rotatable bonds is 3. The van der Waals surface area contributed by atoms with Crippen LogP contribution in [-0.4, -0.2) is 10.9 Å². The maximum Gasteiger partial charge on any atom is 0.416 e. The molecular weight excluding hydrogens is 445 g/mol. The summed E-state index contributed by atoms with van der Waals surface area (Å²) >= 11 is 7.55. The van der Waals surface area contributed by atoms with E-state index in [1.54, 1.807) is 6.07 Å². The number of pyridine rings is 1. The Hall–Kier alpha value is -2.90. The maximum absolute atomic E-state index is 13.2. The Balaban J connectivity index is 1.85. The van der Waals surface area contributed by atoms with Crippen LogP contribution < -0.4 is 5.32 Å². The van der Waals surface area contributed by atoms with Gasteiger partial charge in [0, 0.05) is 5.39 Å². The standard InChI is InChI=1S/C23H16ClF3N2OS/c1-12-8-13(2)21-15(9-12)16(11-19(28-21)20-4-3-7-31-20)22(30)29-18-10-14(23(25,26)27)5-6-17(18)24/h3-11H,1-2H3,(H,29,30). The number of halogens is 4. The number of nitrogens with zero attached hydrogens (tertiary/aromatic N) is 1. The highest BCUT2D eigenvalue weighted by atomic mass is 35.5. The highest BCUT2D eigenvalue weighted by molar-refractivity contribution is 7.13. The number of aryl methyl sites for hydroxylation is 2. The van der Waals surface area contributed by atoms with E-state index in [0.717, 1.165) is 34.2 Å². The van der Waals surface area contributed by atoms with Crippen LogP contribution >= 0.6 is 22.9 Å². The van der Waals surface area contributed by atoms with Crippen molar-refractivity contribution in [3.63, 3.8) is 0 Å². The van der Waals surface area contributed by atoms with Gasteiger partial charge in [0.25, 0.3) is 5.91 Å². The topological polar surface area (TPSA) is 42.0 Å². The Morgan fingerprint density at radius 2 is 1.87 bits per heavy atom. The maximum atomic E-state index is 13.2. The molecule has 4 rings (SSSR count). The molecule has 1 N–H and O–H groups in total. The fourth-order valence-corrected chi connectivity index (χ4v) is 4.26. The lowest BCUT2D eigenvalue weighted by molar-refractivity contribution is -0.137. The number of carbonyl (C=O) groups excluding carboxylic acids is 1. The van der Waals surface area contributed by atoms with Gasteiger partial charge in [-0.05, 0) is 61.2 Å². The summed E-state index contributed by atoms with van der Waals surface area (Å²) in [4.78, 5) is 18.8. The molecule has 1 amide bonds. The van der Waals surface area contributed by atoms with E-state index in [0.29, 0.717) is 22.2 Å². The smallest absolute Gasteiger partial charge is 0.321 e. The fourth-order valence-electron chi connectivity index (χ4n) is 3.41. The lowest BCUT2D eigenvalue weighted by Gasteiger charge is -2.14. The molecule has 0 unspecified atom stereocenters. The van der Waals surface area contributed by atoms with Crippen LogP contribution in [0.5, 0.6) is 0 Å². The first-order valence-electron chi connectivity index (χ1n) is 9.27. The largest absolute Gasteiger partial charge is 0.416 e. The van der Waals surface area contributed by atoms with E-state index in [1.165, 1.54) is 11.3 Å². The molecule has 3 nitrogen and oxygen atoms in total. The molecule has 0 saturated carbocycles. The molecule has 0 radical (unpaired) electrons. The number of thiophene rings is 1. The van der Waals surface area contributed by atoms with E-state index in [-0.39, 0.29) is 10.7 Å². The van der Waals surface area contributed by atoms with Gasteiger partial charge < -0.3 is 5.32 Å². The lowest BCUT2D eigenvalue weighted by atomic mass is 10.0. The third-order valence-corrected chi connectivity index (χ3v) is 6.03. The van der Waals surface area contributed by atoms with Crippen molar-refractivity contribution in [3.05, 3.63) is 81.2 Å². The molecule has 0 spiro atoms. The third-order valence-electron chi connectivity index (χ3n) is 4.81. The average molecular weight is 461 g/mol. The van der Waals surface area contributed by atoms with Crippen molar-refractivity contribution >= 4 is 45.4 Å². The molecule has 4 aromatic rings.